The van der Waals surface area contributed by atoms with Gasteiger partial charge in [-0.25, -0.2) is 0 Å². The summed E-state index contributed by atoms with van der Waals surface area (Å²) in [6.45, 7) is 6.47. The lowest BCUT2D eigenvalue weighted by atomic mass is 9.99. The van der Waals surface area contributed by atoms with Crippen LogP contribution in [0.3, 0.4) is 0 Å². The zero-order chi connectivity index (χ0) is 11.5. The van der Waals surface area contributed by atoms with Gasteiger partial charge in [-0.15, -0.1) is 0 Å². The highest BCUT2D eigenvalue weighted by atomic mass is 16.3. The van der Waals surface area contributed by atoms with E-state index in [0.717, 1.165) is 25.3 Å². The summed E-state index contributed by atoms with van der Waals surface area (Å²) in [6, 6.07) is 2.50. The molecular formula is C13H22N2O. The van der Waals surface area contributed by atoms with Gasteiger partial charge in [-0.1, -0.05) is 13.3 Å². The zero-order valence-corrected chi connectivity index (χ0v) is 10.3. The molecular weight excluding hydrogens is 200 g/mol. The van der Waals surface area contributed by atoms with E-state index in [2.05, 4.69) is 18.7 Å². The number of nitrogens with zero attached hydrogens (tertiary/aromatic N) is 1. The van der Waals surface area contributed by atoms with Crippen molar-refractivity contribution in [3.8, 4) is 0 Å². The highest BCUT2D eigenvalue weighted by Crippen LogP contribution is 2.31. The third-order valence-corrected chi connectivity index (χ3v) is 3.61. The number of hydrogen-bond donors (Lipinski definition) is 1. The molecule has 3 nitrogen and oxygen atoms in total. The fourth-order valence-electron chi connectivity index (χ4n) is 2.67. The minimum absolute atomic E-state index is 0.201. The quantitative estimate of drug-likeness (QED) is 0.836. The molecule has 1 aliphatic heterocycles. The summed E-state index contributed by atoms with van der Waals surface area (Å²) in [5, 5.41) is 0. The van der Waals surface area contributed by atoms with Crippen molar-refractivity contribution < 1.29 is 4.42 Å². The topological polar surface area (TPSA) is 42.4 Å². The molecule has 0 saturated carbocycles. The van der Waals surface area contributed by atoms with Gasteiger partial charge in [0.15, 0.2) is 0 Å². The summed E-state index contributed by atoms with van der Waals surface area (Å²) in [6.07, 6.45) is 5.35. The standard InChI is InChI=1S/C13H22N2O/c1-3-15-8-5-4-6-11(14)12(15)13-10(2)7-9-16-13/h7,9,11-12H,3-6,8,14H2,1-2H3. The van der Waals surface area contributed by atoms with Crippen LogP contribution in [0.15, 0.2) is 16.7 Å². The Morgan fingerprint density at radius 2 is 2.31 bits per heavy atom. The third kappa shape index (κ3) is 2.15. The van der Waals surface area contributed by atoms with Crippen molar-refractivity contribution in [1.29, 1.82) is 0 Å². The molecule has 1 saturated heterocycles. The van der Waals surface area contributed by atoms with E-state index in [1.807, 2.05) is 6.07 Å². The van der Waals surface area contributed by atoms with Crippen molar-refractivity contribution in [2.75, 3.05) is 13.1 Å². The van der Waals surface area contributed by atoms with E-state index in [9.17, 15) is 0 Å². The summed E-state index contributed by atoms with van der Waals surface area (Å²) >= 11 is 0. The first-order valence-corrected chi connectivity index (χ1v) is 6.27. The molecule has 0 aromatic carbocycles. The Labute approximate surface area is 97.6 Å². The van der Waals surface area contributed by atoms with Gasteiger partial charge in [0.05, 0.1) is 12.3 Å². The average Bonchev–Trinajstić information content (AvgIpc) is 2.59. The lowest BCUT2D eigenvalue weighted by molar-refractivity contribution is 0.170. The second-order valence-corrected chi connectivity index (χ2v) is 4.70. The Balaban J connectivity index is 2.29. The van der Waals surface area contributed by atoms with Gasteiger partial charge < -0.3 is 10.2 Å². The number of nitrogens with two attached hydrogens (primary N) is 1. The Kier molecular flexibility index (Phi) is 3.66. The van der Waals surface area contributed by atoms with Gasteiger partial charge in [-0.2, -0.15) is 0 Å². The van der Waals surface area contributed by atoms with E-state index < -0.39 is 0 Å². The minimum atomic E-state index is 0.201. The maximum Gasteiger partial charge on any atom is 0.125 e. The Morgan fingerprint density at radius 1 is 1.50 bits per heavy atom. The first kappa shape index (κ1) is 11.7. The van der Waals surface area contributed by atoms with Gasteiger partial charge in [-0.05, 0) is 44.5 Å². The molecule has 2 unspecified atom stereocenters. The van der Waals surface area contributed by atoms with Crippen molar-refractivity contribution in [1.82, 2.24) is 4.90 Å². The summed E-state index contributed by atoms with van der Waals surface area (Å²) in [4.78, 5) is 2.45. The lowest BCUT2D eigenvalue weighted by Gasteiger charge is -2.31. The van der Waals surface area contributed by atoms with Crippen molar-refractivity contribution in [2.24, 2.45) is 5.73 Å². The zero-order valence-electron chi connectivity index (χ0n) is 10.3. The van der Waals surface area contributed by atoms with Crippen LogP contribution in [0.2, 0.25) is 0 Å². The maximum absolute atomic E-state index is 6.30. The molecule has 2 rings (SSSR count). The Hall–Kier alpha value is -0.800. The SMILES string of the molecule is CCN1CCCCC(N)C1c1occc1C. The van der Waals surface area contributed by atoms with Crippen molar-refractivity contribution in [3.63, 3.8) is 0 Å². The Bertz CT molecular complexity index is 334. The number of rotatable bonds is 2. The van der Waals surface area contributed by atoms with Crippen molar-refractivity contribution >= 4 is 0 Å². The van der Waals surface area contributed by atoms with E-state index in [4.69, 9.17) is 10.2 Å². The molecule has 1 fully saturated rings. The average molecular weight is 222 g/mol. The molecule has 2 heterocycles. The second kappa shape index (κ2) is 5.02. The highest BCUT2D eigenvalue weighted by Gasteiger charge is 2.30. The van der Waals surface area contributed by atoms with Crippen LogP contribution < -0.4 is 5.73 Å². The van der Waals surface area contributed by atoms with Gasteiger partial charge in [0.25, 0.3) is 0 Å². The largest absolute Gasteiger partial charge is 0.467 e. The fourth-order valence-corrected chi connectivity index (χ4v) is 2.67. The van der Waals surface area contributed by atoms with Crippen molar-refractivity contribution in [3.05, 3.63) is 23.7 Å². The number of hydrogen-bond acceptors (Lipinski definition) is 3. The minimum Gasteiger partial charge on any atom is -0.467 e. The first-order valence-electron chi connectivity index (χ1n) is 6.27. The molecule has 90 valence electrons. The monoisotopic (exact) mass is 222 g/mol. The van der Waals surface area contributed by atoms with Crippen LogP contribution in [0.25, 0.3) is 0 Å². The molecule has 0 aliphatic carbocycles. The molecule has 1 aromatic rings. The number of likely N-dealkylation sites (N-methyl/N-ethyl adjacent to an activating group) is 1. The van der Waals surface area contributed by atoms with Crippen LogP contribution in [0.1, 0.15) is 43.6 Å². The molecule has 0 bridgehead atoms. The van der Waals surface area contributed by atoms with Gasteiger partial charge in [0.2, 0.25) is 0 Å². The number of aryl methyl sites for hydroxylation is 1. The van der Waals surface area contributed by atoms with Crippen LogP contribution >= 0.6 is 0 Å². The predicted octanol–water partition coefficient (Wildman–Crippen LogP) is 2.46. The summed E-state index contributed by atoms with van der Waals surface area (Å²) in [5.41, 5.74) is 7.53. The van der Waals surface area contributed by atoms with Crippen molar-refractivity contribution in [2.45, 2.75) is 45.2 Å². The molecule has 2 N–H and O–H groups in total. The number of furan rings is 1. The van der Waals surface area contributed by atoms with E-state index in [1.165, 1.54) is 18.4 Å². The second-order valence-electron chi connectivity index (χ2n) is 4.70. The van der Waals surface area contributed by atoms with E-state index >= 15 is 0 Å². The van der Waals surface area contributed by atoms with Crippen LogP contribution in [0.5, 0.6) is 0 Å². The van der Waals surface area contributed by atoms with Crippen LogP contribution in [0, 0.1) is 6.92 Å². The lowest BCUT2D eigenvalue weighted by Crippen LogP contribution is -2.39. The van der Waals surface area contributed by atoms with Gasteiger partial charge in [0.1, 0.15) is 5.76 Å². The molecule has 0 amide bonds. The van der Waals surface area contributed by atoms with Crippen LogP contribution in [-0.4, -0.2) is 24.0 Å². The van der Waals surface area contributed by atoms with Gasteiger partial charge in [-0.3, -0.25) is 4.90 Å². The first-order chi connectivity index (χ1) is 7.74. The fraction of sp³-hybridized carbons (Fsp3) is 0.692. The smallest absolute Gasteiger partial charge is 0.125 e. The molecule has 16 heavy (non-hydrogen) atoms. The normalized spacial score (nSPS) is 27.9. The van der Waals surface area contributed by atoms with Crippen LogP contribution in [0.4, 0.5) is 0 Å². The van der Waals surface area contributed by atoms with Gasteiger partial charge >= 0.3 is 0 Å². The molecule has 0 spiro atoms. The Morgan fingerprint density at radius 3 is 2.94 bits per heavy atom. The summed E-state index contributed by atoms with van der Waals surface area (Å²) < 4.78 is 5.64. The van der Waals surface area contributed by atoms with E-state index in [1.54, 1.807) is 6.26 Å². The molecule has 1 aliphatic rings. The van der Waals surface area contributed by atoms with E-state index in [-0.39, 0.29) is 12.1 Å². The molecule has 3 heteroatoms. The molecule has 0 radical (unpaired) electrons. The highest BCUT2D eigenvalue weighted by molar-refractivity contribution is 5.20. The predicted molar refractivity (Wildman–Crippen MR) is 65.3 cm³/mol. The molecule has 2 atom stereocenters. The number of likely N-dealkylation sites (tertiary alicyclic amines) is 1. The summed E-state index contributed by atoms with van der Waals surface area (Å²) in [5.74, 6) is 1.07. The van der Waals surface area contributed by atoms with Gasteiger partial charge in [0, 0.05) is 6.04 Å². The molecule has 1 aromatic heterocycles. The third-order valence-electron chi connectivity index (χ3n) is 3.61. The van der Waals surface area contributed by atoms with Crippen LogP contribution in [-0.2, 0) is 0 Å². The maximum atomic E-state index is 6.30. The van der Waals surface area contributed by atoms with E-state index in [0.29, 0.717) is 0 Å². The summed E-state index contributed by atoms with van der Waals surface area (Å²) in [7, 11) is 0.